The van der Waals surface area contributed by atoms with Crippen molar-refractivity contribution in [2.45, 2.75) is 12.5 Å². The summed E-state index contributed by atoms with van der Waals surface area (Å²) < 4.78 is 4.88. The number of benzene rings is 1. The lowest BCUT2D eigenvalue weighted by molar-refractivity contribution is -0.142. The molecule has 3 nitrogen and oxygen atoms in total. The summed E-state index contributed by atoms with van der Waals surface area (Å²) in [5.41, 5.74) is 0.980. The predicted octanol–water partition coefficient (Wildman–Crippen LogP) is 2.79. The molecule has 0 aliphatic carbocycles. The second-order valence-electron chi connectivity index (χ2n) is 4.20. The molecule has 4 heteroatoms. The second kappa shape index (κ2) is 7.07. The van der Waals surface area contributed by atoms with E-state index < -0.39 is 0 Å². The minimum absolute atomic E-state index is 0.204. The van der Waals surface area contributed by atoms with Crippen LogP contribution in [0.25, 0.3) is 0 Å². The highest BCUT2D eigenvalue weighted by Crippen LogP contribution is 2.16. The SMILES string of the molecule is COC(=O)C(CNCc1cccs1)c1ccccc1. The molecule has 1 N–H and O–H groups in total. The summed E-state index contributed by atoms with van der Waals surface area (Å²) in [5.74, 6) is -0.462. The van der Waals surface area contributed by atoms with Crippen LogP contribution in [-0.4, -0.2) is 19.6 Å². The van der Waals surface area contributed by atoms with E-state index in [4.69, 9.17) is 4.74 Å². The number of ether oxygens (including phenoxy) is 1. The first-order valence-corrected chi connectivity index (χ1v) is 7.05. The molecule has 19 heavy (non-hydrogen) atoms. The molecule has 0 saturated heterocycles. The standard InChI is InChI=1S/C15H17NO2S/c1-18-15(17)14(12-6-3-2-4-7-12)11-16-10-13-8-5-9-19-13/h2-9,14,16H,10-11H2,1H3. The van der Waals surface area contributed by atoms with Crippen LogP contribution < -0.4 is 5.32 Å². The highest BCUT2D eigenvalue weighted by atomic mass is 32.1. The molecular weight excluding hydrogens is 258 g/mol. The predicted molar refractivity (Wildman–Crippen MR) is 77.2 cm³/mol. The summed E-state index contributed by atoms with van der Waals surface area (Å²) in [5, 5.41) is 5.36. The summed E-state index contributed by atoms with van der Waals surface area (Å²) in [4.78, 5) is 13.1. The van der Waals surface area contributed by atoms with Crippen molar-refractivity contribution in [2.24, 2.45) is 0 Å². The van der Waals surface area contributed by atoms with Gasteiger partial charge in [0.15, 0.2) is 0 Å². The molecule has 1 aromatic carbocycles. The van der Waals surface area contributed by atoms with Crippen LogP contribution >= 0.6 is 11.3 Å². The van der Waals surface area contributed by atoms with Crippen LogP contribution in [0.1, 0.15) is 16.4 Å². The van der Waals surface area contributed by atoms with Crippen molar-refractivity contribution < 1.29 is 9.53 Å². The quantitative estimate of drug-likeness (QED) is 0.824. The summed E-state index contributed by atoms with van der Waals surface area (Å²) >= 11 is 1.71. The van der Waals surface area contributed by atoms with E-state index in [1.54, 1.807) is 11.3 Å². The molecule has 0 fully saturated rings. The van der Waals surface area contributed by atoms with Crippen molar-refractivity contribution in [2.75, 3.05) is 13.7 Å². The summed E-state index contributed by atoms with van der Waals surface area (Å²) in [6.45, 7) is 1.35. The van der Waals surface area contributed by atoms with Crippen molar-refractivity contribution in [3.05, 3.63) is 58.3 Å². The molecule has 1 aromatic heterocycles. The highest BCUT2D eigenvalue weighted by Gasteiger charge is 2.20. The van der Waals surface area contributed by atoms with Gasteiger partial charge in [-0.1, -0.05) is 36.4 Å². The zero-order valence-corrected chi connectivity index (χ0v) is 11.7. The van der Waals surface area contributed by atoms with E-state index in [1.807, 2.05) is 41.8 Å². The van der Waals surface area contributed by atoms with Gasteiger partial charge in [0.05, 0.1) is 13.0 Å². The average Bonchev–Trinajstić information content (AvgIpc) is 2.97. The normalized spacial score (nSPS) is 12.1. The maximum absolute atomic E-state index is 11.8. The molecule has 1 unspecified atom stereocenters. The van der Waals surface area contributed by atoms with Gasteiger partial charge in [0.1, 0.15) is 0 Å². The first-order valence-electron chi connectivity index (χ1n) is 6.17. The van der Waals surface area contributed by atoms with Gasteiger partial charge >= 0.3 is 5.97 Å². The van der Waals surface area contributed by atoms with Crippen LogP contribution in [0.15, 0.2) is 47.8 Å². The molecule has 1 atom stereocenters. The third-order valence-electron chi connectivity index (χ3n) is 2.92. The zero-order valence-electron chi connectivity index (χ0n) is 10.8. The molecule has 0 bridgehead atoms. The maximum Gasteiger partial charge on any atom is 0.314 e. The number of methoxy groups -OCH3 is 1. The fourth-order valence-corrected chi connectivity index (χ4v) is 2.59. The van der Waals surface area contributed by atoms with Crippen molar-refractivity contribution in [1.29, 1.82) is 0 Å². The third-order valence-corrected chi connectivity index (χ3v) is 3.79. The van der Waals surface area contributed by atoms with E-state index in [0.717, 1.165) is 12.1 Å². The molecule has 2 aromatic rings. The van der Waals surface area contributed by atoms with E-state index >= 15 is 0 Å². The van der Waals surface area contributed by atoms with E-state index in [9.17, 15) is 4.79 Å². The Labute approximate surface area is 117 Å². The molecule has 0 saturated carbocycles. The van der Waals surface area contributed by atoms with Crippen molar-refractivity contribution in [1.82, 2.24) is 5.32 Å². The van der Waals surface area contributed by atoms with Gasteiger partial charge in [-0.3, -0.25) is 4.79 Å². The number of esters is 1. The Morgan fingerprint density at radius 2 is 2.05 bits per heavy atom. The number of carbonyl (C=O) groups is 1. The lowest BCUT2D eigenvalue weighted by Crippen LogP contribution is -2.27. The van der Waals surface area contributed by atoms with Crippen LogP contribution in [0.2, 0.25) is 0 Å². The average molecular weight is 275 g/mol. The number of rotatable bonds is 6. The zero-order chi connectivity index (χ0) is 13.5. The lowest BCUT2D eigenvalue weighted by atomic mass is 9.99. The smallest absolute Gasteiger partial charge is 0.314 e. The fourth-order valence-electron chi connectivity index (χ4n) is 1.92. The Balaban J connectivity index is 1.97. The Bertz CT molecular complexity index is 496. The molecule has 2 rings (SSSR count). The topological polar surface area (TPSA) is 38.3 Å². The number of hydrogen-bond acceptors (Lipinski definition) is 4. The molecule has 0 spiro atoms. The summed E-state index contributed by atoms with van der Waals surface area (Å²) in [6, 6.07) is 13.8. The first-order chi connectivity index (χ1) is 9.31. The first kappa shape index (κ1) is 13.8. The van der Waals surface area contributed by atoms with E-state index in [2.05, 4.69) is 11.4 Å². The van der Waals surface area contributed by atoms with E-state index in [0.29, 0.717) is 6.54 Å². The van der Waals surface area contributed by atoms with Crippen LogP contribution in [0.5, 0.6) is 0 Å². The van der Waals surface area contributed by atoms with Crippen LogP contribution in [0.4, 0.5) is 0 Å². The fraction of sp³-hybridized carbons (Fsp3) is 0.267. The Morgan fingerprint density at radius 3 is 2.68 bits per heavy atom. The van der Waals surface area contributed by atoms with Gasteiger partial charge in [0.25, 0.3) is 0 Å². The molecule has 0 radical (unpaired) electrons. The van der Waals surface area contributed by atoms with Gasteiger partial charge < -0.3 is 10.1 Å². The van der Waals surface area contributed by atoms with Gasteiger partial charge in [-0.15, -0.1) is 11.3 Å². The van der Waals surface area contributed by atoms with Crippen LogP contribution in [0.3, 0.4) is 0 Å². The number of thiophene rings is 1. The number of carbonyl (C=O) groups excluding carboxylic acids is 1. The van der Waals surface area contributed by atoms with Crippen molar-refractivity contribution in [3.8, 4) is 0 Å². The molecule has 0 aliphatic rings. The Kier molecular flexibility index (Phi) is 5.12. The van der Waals surface area contributed by atoms with Gasteiger partial charge in [-0.25, -0.2) is 0 Å². The van der Waals surface area contributed by atoms with Crippen LogP contribution in [-0.2, 0) is 16.1 Å². The Hall–Kier alpha value is -1.65. The Morgan fingerprint density at radius 1 is 1.26 bits per heavy atom. The molecule has 0 aliphatic heterocycles. The summed E-state index contributed by atoms with van der Waals surface area (Å²) in [6.07, 6.45) is 0. The van der Waals surface area contributed by atoms with Gasteiger partial charge in [0.2, 0.25) is 0 Å². The molecular formula is C15H17NO2S. The molecule has 100 valence electrons. The van der Waals surface area contributed by atoms with Gasteiger partial charge in [-0.05, 0) is 17.0 Å². The van der Waals surface area contributed by atoms with Crippen molar-refractivity contribution in [3.63, 3.8) is 0 Å². The lowest BCUT2D eigenvalue weighted by Gasteiger charge is -2.15. The number of nitrogens with one attached hydrogen (secondary N) is 1. The van der Waals surface area contributed by atoms with E-state index in [1.165, 1.54) is 12.0 Å². The molecule has 1 heterocycles. The van der Waals surface area contributed by atoms with Gasteiger partial charge in [-0.2, -0.15) is 0 Å². The summed E-state index contributed by atoms with van der Waals surface area (Å²) in [7, 11) is 1.43. The monoisotopic (exact) mass is 275 g/mol. The minimum atomic E-state index is -0.258. The third kappa shape index (κ3) is 3.91. The number of hydrogen-bond donors (Lipinski definition) is 1. The van der Waals surface area contributed by atoms with Crippen LogP contribution in [0, 0.1) is 0 Å². The molecule has 0 amide bonds. The highest BCUT2D eigenvalue weighted by molar-refractivity contribution is 7.09. The largest absolute Gasteiger partial charge is 0.469 e. The van der Waals surface area contributed by atoms with Gasteiger partial charge in [0, 0.05) is 18.0 Å². The second-order valence-corrected chi connectivity index (χ2v) is 5.23. The van der Waals surface area contributed by atoms with Crippen molar-refractivity contribution >= 4 is 17.3 Å². The minimum Gasteiger partial charge on any atom is -0.469 e. The van der Waals surface area contributed by atoms with E-state index in [-0.39, 0.29) is 11.9 Å². The maximum atomic E-state index is 11.8.